The van der Waals surface area contributed by atoms with Gasteiger partial charge in [0.15, 0.2) is 0 Å². The van der Waals surface area contributed by atoms with E-state index in [1.54, 1.807) is 17.0 Å². The second-order valence-corrected chi connectivity index (χ2v) is 7.32. The number of carbonyl (C=O) groups is 2. The van der Waals surface area contributed by atoms with Crippen LogP contribution in [-0.2, 0) is 17.9 Å². The highest BCUT2D eigenvalue weighted by Crippen LogP contribution is 2.26. The van der Waals surface area contributed by atoms with Crippen molar-refractivity contribution in [1.29, 1.82) is 0 Å². The average molecular weight is 406 g/mol. The standard InChI is InChI=1S/C20H21Cl2N3O2/c21-15-7-8-17(22)16(10-15)20(27)25-9-3-6-18(25)19(26)24-12-14-5-2-1-4-13(14)11-23/h1-2,4-5,7-8,10,18H,3,6,9,11-12,23H2,(H,24,26). The first-order chi connectivity index (χ1) is 13.0. The van der Waals surface area contributed by atoms with Crippen LogP contribution in [0.15, 0.2) is 42.5 Å². The van der Waals surface area contributed by atoms with Crippen molar-refractivity contribution in [2.45, 2.75) is 32.0 Å². The summed E-state index contributed by atoms with van der Waals surface area (Å²) < 4.78 is 0. The number of nitrogens with zero attached hydrogens (tertiary/aromatic N) is 1. The Hall–Kier alpha value is -2.08. The lowest BCUT2D eigenvalue weighted by molar-refractivity contribution is -0.125. The Balaban J connectivity index is 1.71. The number of rotatable bonds is 5. The van der Waals surface area contributed by atoms with Crippen LogP contribution in [0.25, 0.3) is 0 Å². The first kappa shape index (κ1) is 19.7. The van der Waals surface area contributed by atoms with Crippen LogP contribution >= 0.6 is 23.2 Å². The van der Waals surface area contributed by atoms with Crippen molar-refractivity contribution in [3.05, 3.63) is 69.2 Å². The van der Waals surface area contributed by atoms with Gasteiger partial charge in [0.05, 0.1) is 10.6 Å². The molecule has 1 atom stereocenters. The van der Waals surface area contributed by atoms with Gasteiger partial charge in [-0.2, -0.15) is 0 Å². The Kier molecular flexibility index (Phi) is 6.37. The third-order valence-electron chi connectivity index (χ3n) is 4.77. The third-order valence-corrected chi connectivity index (χ3v) is 5.33. The Morgan fingerprint density at radius 1 is 1.15 bits per heavy atom. The number of amides is 2. The van der Waals surface area contributed by atoms with Gasteiger partial charge < -0.3 is 16.0 Å². The van der Waals surface area contributed by atoms with E-state index >= 15 is 0 Å². The van der Waals surface area contributed by atoms with Crippen LogP contribution in [0.5, 0.6) is 0 Å². The van der Waals surface area contributed by atoms with E-state index in [2.05, 4.69) is 5.32 Å². The fourth-order valence-electron chi connectivity index (χ4n) is 3.33. The number of carbonyl (C=O) groups excluding carboxylic acids is 2. The first-order valence-electron chi connectivity index (χ1n) is 8.82. The minimum atomic E-state index is -0.516. The zero-order valence-electron chi connectivity index (χ0n) is 14.8. The highest BCUT2D eigenvalue weighted by Gasteiger charge is 2.35. The molecule has 27 heavy (non-hydrogen) atoms. The highest BCUT2D eigenvalue weighted by molar-refractivity contribution is 6.35. The predicted molar refractivity (Wildman–Crippen MR) is 107 cm³/mol. The number of nitrogens with two attached hydrogens (primary N) is 1. The van der Waals surface area contributed by atoms with E-state index in [0.717, 1.165) is 17.5 Å². The average Bonchev–Trinajstić information content (AvgIpc) is 3.17. The number of hydrogen-bond donors (Lipinski definition) is 2. The van der Waals surface area contributed by atoms with E-state index in [4.69, 9.17) is 28.9 Å². The summed E-state index contributed by atoms with van der Waals surface area (Å²) in [6, 6.07) is 11.9. The number of likely N-dealkylation sites (tertiary alicyclic amines) is 1. The molecule has 1 aliphatic heterocycles. The normalized spacial score (nSPS) is 16.4. The summed E-state index contributed by atoms with van der Waals surface area (Å²) in [7, 11) is 0. The van der Waals surface area contributed by atoms with Crippen LogP contribution in [0.1, 0.15) is 34.3 Å². The highest BCUT2D eigenvalue weighted by atomic mass is 35.5. The van der Waals surface area contributed by atoms with Gasteiger partial charge in [-0.15, -0.1) is 0 Å². The molecular weight excluding hydrogens is 385 g/mol. The van der Waals surface area contributed by atoms with Crippen LogP contribution in [-0.4, -0.2) is 29.3 Å². The summed E-state index contributed by atoms with van der Waals surface area (Å²) in [5, 5.41) is 3.69. The summed E-state index contributed by atoms with van der Waals surface area (Å²) in [6.45, 7) is 1.30. The van der Waals surface area contributed by atoms with Crippen molar-refractivity contribution in [3.8, 4) is 0 Å². The van der Waals surface area contributed by atoms with Gasteiger partial charge in [0.2, 0.25) is 5.91 Å². The van der Waals surface area contributed by atoms with E-state index < -0.39 is 6.04 Å². The zero-order chi connectivity index (χ0) is 19.4. The molecule has 0 saturated carbocycles. The summed E-state index contributed by atoms with van der Waals surface area (Å²) >= 11 is 12.1. The van der Waals surface area contributed by atoms with Crippen molar-refractivity contribution < 1.29 is 9.59 Å². The van der Waals surface area contributed by atoms with E-state index in [-0.39, 0.29) is 11.8 Å². The van der Waals surface area contributed by atoms with Gasteiger partial charge >= 0.3 is 0 Å². The molecular formula is C20H21Cl2N3O2. The van der Waals surface area contributed by atoms with Crippen LogP contribution < -0.4 is 11.1 Å². The number of hydrogen-bond acceptors (Lipinski definition) is 3. The summed E-state index contributed by atoms with van der Waals surface area (Å²) in [6.07, 6.45) is 1.38. The molecule has 1 heterocycles. The van der Waals surface area contributed by atoms with E-state index in [0.29, 0.717) is 41.7 Å². The molecule has 3 rings (SSSR count). The van der Waals surface area contributed by atoms with E-state index in [1.165, 1.54) is 6.07 Å². The van der Waals surface area contributed by atoms with Gasteiger partial charge in [0.25, 0.3) is 5.91 Å². The quantitative estimate of drug-likeness (QED) is 0.800. The Morgan fingerprint density at radius 2 is 1.89 bits per heavy atom. The van der Waals surface area contributed by atoms with Gasteiger partial charge in [0, 0.05) is 24.7 Å². The molecule has 1 fully saturated rings. The van der Waals surface area contributed by atoms with Crippen molar-refractivity contribution in [2.24, 2.45) is 5.73 Å². The first-order valence-corrected chi connectivity index (χ1v) is 9.57. The van der Waals surface area contributed by atoms with Crippen LogP contribution in [0.4, 0.5) is 0 Å². The Morgan fingerprint density at radius 3 is 2.63 bits per heavy atom. The van der Waals surface area contributed by atoms with Crippen molar-refractivity contribution in [1.82, 2.24) is 10.2 Å². The molecule has 2 amide bonds. The van der Waals surface area contributed by atoms with Gasteiger partial charge in [-0.1, -0.05) is 47.5 Å². The minimum Gasteiger partial charge on any atom is -0.350 e. The molecule has 1 saturated heterocycles. The second-order valence-electron chi connectivity index (χ2n) is 6.47. The monoisotopic (exact) mass is 405 g/mol. The number of halogens is 2. The lowest BCUT2D eigenvalue weighted by Gasteiger charge is -2.24. The molecule has 2 aromatic carbocycles. The summed E-state index contributed by atoms with van der Waals surface area (Å²) in [5.74, 6) is -0.451. The molecule has 5 nitrogen and oxygen atoms in total. The number of nitrogens with one attached hydrogen (secondary N) is 1. The largest absolute Gasteiger partial charge is 0.350 e. The number of benzene rings is 2. The molecule has 142 valence electrons. The van der Waals surface area contributed by atoms with Crippen LogP contribution in [0.3, 0.4) is 0 Å². The topological polar surface area (TPSA) is 75.4 Å². The van der Waals surface area contributed by atoms with Crippen LogP contribution in [0.2, 0.25) is 10.0 Å². The molecule has 2 aromatic rings. The fraction of sp³-hybridized carbons (Fsp3) is 0.300. The zero-order valence-corrected chi connectivity index (χ0v) is 16.3. The van der Waals surface area contributed by atoms with Gasteiger partial charge in [-0.25, -0.2) is 0 Å². The SMILES string of the molecule is NCc1ccccc1CNC(=O)C1CCCN1C(=O)c1cc(Cl)ccc1Cl. The molecule has 0 bridgehead atoms. The van der Waals surface area contributed by atoms with Crippen molar-refractivity contribution in [2.75, 3.05) is 6.54 Å². The maximum Gasteiger partial charge on any atom is 0.256 e. The van der Waals surface area contributed by atoms with Gasteiger partial charge in [-0.3, -0.25) is 9.59 Å². The lowest BCUT2D eigenvalue weighted by Crippen LogP contribution is -2.45. The smallest absolute Gasteiger partial charge is 0.256 e. The molecule has 0 aliphatic carbocycles. The summed E-state index contributed by atoms with van der Waals surface area (Å²) in [4.78, 5) is 27.2. The molecule has 7 heteroatoms. The van der Waals surface area contributed by atoms with Gasteiger partial charge in [-0.05, 0) is 42.2 Å². The van der Waals surface area contributed by atoms with Crippen LogP contribution in [0, 0.1) is 0 Å². The van der Waals surface area contributed by atoms with Crippen molar-refractivity contribution >= 4 is 35.0 Å². The second kappa shape index (κ2) is 8.74. The minimum absolute atomic E-state index is 0.175. The predicted octanol–water partition coefficient (Wildman–Crippen LogP) is 3.37. The fourth-order valence-corrected chi connectivity index (χ4v) is 3.70. The maximum absolute atomic E-state index is 12.9. The molecule has 0 aromatic heterocycles. The lowest BCUT2D eigenvalue weighted by atomic mass is 10.1. The summed E-state index contributed by atoms with van der Waals surface area (Å²) in [5.41, 5.74) is 8.02. The Bertz CT molecular complexity index is 857. The van der Waals surface area contributed by atoms with E-state index in [9.17, 15) is 9.59 Å². The molecule has 1 aliphatic rings. The molecule has 0 radical (unpaired) electrons. The third kappa shape index (κ3) is 4.43. The molecule has 0 spiro atoms. The van der Waals surface area contributed by atoms with E-state index in [1.807, 2.05) is 24.3 Å². The van der Waals surface area contributed by atoms with Gasteiger partial charge in [0.1, 0.15) is 6.04 Å². The molecule has 1 unspecified atom stereocenters. The molecule has 3 N–H and O–H groups in total. The Labute approximate surface area is 168 Å². The maximum atomic E-state index is 12.9. The van der Waals surface area contributed by atoms with Crippen molar-refractivity contribution in [3.63, 3.8) is 0 Å².